The van der Waals surface area contributed by atoms with E-state index in [-0.39, 0.29) is 5.92 Å². The monoisotopic (exact) mass is 369 g/mol. The number of Topliss-reactive ketones (excluding diaryl/α,β-unsaturated/α-hetero) is 1. The van der Waals surface area contributed by atoms with Gasteiger partial charge >= 0.3 is 0 Å². The highest BCUT2D eigenvalue weighted by Gasteiger charge is 2.34. The van der Waals surface area contributed by atoms with Crippen molar-refractivity contribution in [1.82, 2.24) is 9.38 Å². The standard InChI is InChI=1S/C24H23N3O/c1-25-20-10-8-17(9-11-20)16-2-6-19(7-3-16)24(28)23-22(18-4-5-18)13-12-21-14-26-15-27(21)23/h8-16,18-19H,2-7H2. The molecule has 2 aliphatic carbocycles. The molecule has 140 valence electrons. The van der Waals surface area contributed by atoms with Crippen LogP contribution in [0.4, 0.5) is 5.69 Å². The maximum absolute atomic E-state index is 13.5. The molecule has 0 unspecified atom stereocenters. The van der Waals surface area contributed by atoms with E-state index in [2.05, 4.69) is 34.1 Å². The number of benzene rings is 1. The highest BCUT2D eigenvalue weighted by Crippen LogP contribution is 2.44. The Kier molecular flexibility index (Phi) is 4.24. The molecule has 2 saturated carbocycles. The Bertz CT molecular complexity index is 1060. The molecule has 0 N–H and O–H groups in total. The van der Waals surface area contributed by atoms with Gasteiger partial charge in [0, 0.05) is 5.92 Å². The average Bonchev–Trinajstić information content (AvgIpc) is 3.49. The molecule has 4 nitrogen and oxygen atoms in total. The Labute approximate surface area is 165 Å². The predicted octanol–water partition coefficient (Wildman–Crippen LogP) is 5.92. The summed E-state index contributed by atoms with van der Waals surface area (Å²) in [6.45, 7) is 7.09. The fourth-order valence-electron chi connectivity index (χ4n) is 4.70. The number of carbonyl (C=O) groups excluding carboxylic acids is 1. The quantitative estimate of drug-likeness (QED) is 0.423. The lowest BCUT2D eigenvalue weighted by Crippen LogP contribution is -2.24. The van der Waals surface area contributed by atoms with Crippen molar-refractivity contribution in [1.29, 1.82) is 0 Å². The van der Waals surface area contributed by atoms with E-state index in [1.165, 1.54) is 24.0 Å². The number of hydrogen-bond acceptors (Lipinski definition) is 2. The summed E-state index contributed by atoms with van der Waals surface area (Å²) in [6, 6.07) is 12.2. The van der Waals surface area contributed by atoms with Gasteiger partial charge in [-0.3, -0.25) is 9.20 Å². The van der Waals surface area contributed by atoms with Crippen molar-refractivity contribution in [2.75, 3.05) is 0 Å². The lowest BCUT2D eigenvalue weighted by molar-refractivity contribution is 0.0876. The summed E-state index contributed by atoms with van der Waals surface area (Å²) >= 11 is 0. The van der Waals surface area contributed by atoms with Crippen LogP contribution in [0.15, 0.2) is 48.9 Å². The van der Waals surface area contributed by atoms with Gasteiger partial charge in [-0.25, -0.2) is 9.83 Å². The minimum atomic E-state index is 0.101. The molecule has 4 heteroatoms. The Balaban J connectivity index is 1.36. The highest BCUT2D eigenvalue weighted by molar-refractivity contribution is 5.98. The van der Waals surface area contributed by atoms with Crippen molar-refractivity contribution in [3.05, 3.63) is 77.2 Å². The van der Waals surface area contributed by atoms with Crippen molar-refractivity contribution in [2.45, 2.75) is 50.4 Å². The third-order valence-electron chi connectivity index (χ3n) is 6.46. The second-order valence-electron chi connectivity index (χ2n) is 8.22. The van der Waals surface area contributed by atoms with E-state index in [9.17, 15) is 4.79 Å². The maximum Gasteiger partial charge on any atom is 0.187 e. The van der Waals surface area contributed by atoms with Crippen LogP contribution < -0.4 is 0 Å². The molecular formula is C24H23N3O. The van der Waals surface area contributed by atoms with Crippen LogP contribution in [0.5, 0.6) is 0 Å². The highest BCUT2D eigenvalue weighted by atomic mass is 16.1. The summed E-state index contributed by atoms with van der Waals surface area (Å²) in [5.41, 5.74) is 5.08. The topological polar surface area (TPSA) is 38.7 Å². The molecule has 2 fully saturated rings. The Morgan fingerprint density at radius 1 is 0.964 bits per heavy atom. The van der Waals surface area contributed by atoms with Gasteiger partial charge in [-0.05, 0) is 67.6 Å². The van der Waals surface area contributed by atoms with Gasteiger partial charge in [0.1, 0.15) is 0 Å². The molecule has 0 aliphatic heterocycles. The first kappa shape index (κ1) is 17.2. The average molecular weight is 369 g/mol. The lowest BCUT2D eigenvalue weighted by atomic mass is 9.76. The van der Waals surface area contributed by atoms with Gasteiger partial charge in [0.15, 0.2) is 11.5 Å². The second-order valence-corrected chi connectivity index (χ2v) is 8.22. The molecule has 0 radical (unpaired) electrons. The van der Waals surface area contributed by atoms with Gasteiger partial charge in [-0.1, -0.05) is 30.3 Å². The van der Waals surface area contributed by atoms with Gasteiger partial charge in [-0.2, -0.15) is 0 Å². The zero-order valence-corrected chi connectivity index (χ0v) is 15.8. The molecule has 5 rings (SSSR count). The smallest absolute Gasteiger partial charge is 0.187 e. The van der Waals surface area contributed by atoms with Gasteiger partial charge < -0.3 is 0 Å². The third-order valence-corrected chi connectivity index (χ3v) is 6.46. The molecule has 2 aromatic heterocycles. The van der Waals surface area contributed by atoms with Crippen molar-refractivity contribution in [3.8, 4) is 0 Å². The minimum absolute atomic E-state index is 0.101. The largest absolute Gasteiger partial charge is 0.296 e. The van der Waals surface area contributed by atoms with E-state index >= 15 is 0 Å². The third kappa shape index (κ3) is 3.01. The van der Waals surface area contributed by atoms with Crippen LogP contribution in [0.25, 0.3) is 10.4 Å². The van der Waals surface area contributed by atoms with Crippen LogP contribution in [0.2, 0.25) is 0 Å². The number of nitrogens with zero attached hydrogens (tertiary/aromatic N) is 3. The van der Waals surface area contributed by atoms with Gasteiger partial charge in [0.2, 0.25) is 0 Å². The summed E-state index contributed by atoms with van der Waals surface area (Å²) < 4.78 is 2.01. The number of fused-ring (bicyclic) bond motifs is 1. The zero-order valence-electron chi connectivity index (χ0n) is 15.8. The van der Waals surface area contributed by atoms with E-state index in [0.29, 0.717) is 23.3 Å². The van der Waals surface area contributed by atoms with Crippen molar-refractivity contribution in [3.63, 3.8) is 0 Å². The van der Waals surface area contributed by atoms with Crippen LogP contribution in [-0.2, 0) is 0 Å². The molecule has 0 bridgehead atoms. The fraction of sp³-hybridized carbons (Fsp3) is 0.375. The molecule has 2 heterocycles. The van der Waals surface area contributed by atoms with Crippen LogP contribution >= 0.6 is 0 Å². The molecule has 0 saturated heterocycles. The molecule has 28 heavy (non-hydrogen) atoms. The number of carbonyl (C=O) groups is 1. The maximum atomic E-state index is 13.5. The Morgan fingerprint density at radius 2 is 1.68 bits per heavy atom. The van der Waals surface area contributed by atoms with Crippen molar-refractivity contribution in [2.24, 2.45) is 5.92 Å². The van der Waals surface area contributed by atoms with E-state index in [4.69, 9.17) is 6.57 Å². The van der Waals surface area contributed by atoms with Crippen LogP contribution in [0.3, 0.4) is 0 Å². The zero-order chi connectivity index (χ0) is 19.1. The number of imidazole rings is 1. The first-order valence-electron chi connectivity index (χ1n) is 10.2. The van der Waals surface area contributed by atoms with Crippen LogP contribution in [-0.4, -0.2) is 15.2 Å². The van der Waals surface area contributed by atoms with E-state index in [0.717, 1.165) is 36.9 Å². The van der Waals surface area contributed by atoms with Gasteiger partial charge in [-0.15, -0.1) is 0 Å². The molecule has 0 spiro atoms. The van der Waals surface area contributed by atoms with E-state index < -0.39 is 0 Å². The molecule has 2 aliphatic rings. The number of aromatic nitrogens is 2. The first-order valence-corrected chi connectivity index (χ1v) is 10.2. The molecular weight excluding hydrogens is 346 g/mol. The van der Waals surface area contributed by atoms with Gasteiger partial charge in [0.25, 0.3) is 0 Å². The number of hydrogen-bond donors (Lipinski definition) is 0. The molecule has 1 aromatic carbocycles. The normalized spacial score (nSPS) is 22.1. The predicted molar refractivity (Wildman–Crippen MR) is 109 cm³/mol. The number of rotatable bonds is 4. The summed E-state index contributed by atoms with van der Waals surface area (Å²) in [5, 5.41) is 0. The van der Waals surface area contributed by atoms with E-state index in [1.54, 1.807) is 6.33 Å². The van der Waals surface area contributed by atoms with Gasteiger partial charge in [0.05, 0.1) is 30.3 Å². The Morgan fingerprint density at radius 3 is 2.36 bits per heavy atom. The summed E-state index contributed by atoms with van der Waals surface area (Å²) in [5.74, 6) is 1.44. The SMILES string of the molecule is [C-]#[N+]c1ccc(C2CCC(C(=O)c3c(C4CC4)ccc4cncn34)CC2)cc1. The van der Waals surface area contributed by atoms with Crippen molar-refractivity contribution < 1.29 is 4.79 Å². The Hall–Kier alpha value is -2.93. The fourth-order valence-corrected chi connectivity index (χ4v) is 4.70. The number of pyridine rings is 1. The second kappa shape index (κ2) is 6.91. The number of ketones is 1. The lowest BCUT2D eigenvalue weighted by Gasteiger charge is -2.28. The molecule has 3 aromatic rings. The molecule has 0 amide bonds. The van der Waals surface area contributed by atoms with E-state index in [1.807, 2.05) is 22.7 Å². The molecule has 0 atom stereocenters. The summed E-state index contributed by atoms with van der Waals surface area (Å²) in [4.78, 5) is 21.2. The minimum Gasteiger partial charge on any atom is -0.296 e. The van der Waals surface area contributed by atoms with Crippen molar-refractivity contribution >= 4 is 17.0 Å². The van der Waals surface area contributed by atoms with Crippen LogP contribution in [0.1, 0.15) is 72.0 Å². The van der Waals surface area contributed by atoms with Crippen LogP contribution in [0, 0.1) is 12.5 Å². The summed E-state index contributed by atoms with van der Waals surface area (Å²) in [7, 11) is 0. The summed E-state index contributed by atoms with van der Waals surface area (Å²) in [6.07, 6.45) is 9.93. The first-order chi connectivity index (χ1) is 13.7.